The maximum atomic E-state index is 12.2. The second kappa shape index (κ2) is 5.88. The van der Waals surface area contributed by atoms with Crippen LogP contribution < -0.4 is 14.8 Å². The number of amides is 1. The van der Waals surface area contributed by atoms with Crippen LogP contribution in [0.25, 0.3) is 0 Å². The third-order valence-corrected chi connectivity index (χ3v) is 3.95. The van der Waals surface area contributed by atoms with Crippen molar-refractivity contribution in [1.82, 2.24) is 15.1 Å². The summed E-state index contributed by atoms with van der Waals surface area (Å²) in [6, 6.07) is 5.76. The van der Waals surface area contributed by atoms with Gasteiger partial charge in [-0.3, -0.25) is 9.48 Å². The molecule has 2 aromatic rings. The van der Waals surface area contributed by atoms with Gasteiger partial charge in [-0.1, -0.05) is 17.7 Å². The lowest BCUT2D eigenvalue weighted by molar-refractivity contribution is 0.0953. The van der Waals surface area contributed by atoms with Crippen LogP contribution >= 0.6 is 11.6 Å². The number of nitrogens with zero attached hydrogens (tertiary/aromatic N) is 2. The number of aryl methyl sites for hydroxylation is 2. The van der Waals surface area contributed by atoms with Crippen LogP contribution in [0.4, 0.5) is 0 Å². The Labute approximate surface area is 133 Å². The SMILES string of the molecule is Cc1nn(C)c(Cl)c1C(=O)NCCc1ccc2c(c1)OCO2. The number of aromatic nitrogens is 2. The molecule has 7 heteroatoms. The van der Waals surface area contributed by atoms with Crippen LogP contribution in [-0.2, 0) is 13.5 Å². The molecule has 22 heavy (non-hydrogen) atoms. The highest BCUT2D eigenvalue weighted by atomic mass is 35.5. The Kier molecular flexibility index (Phi) is 3.94. The highest BCUT2D eigenvalue weighted by Gasteiger charge is 2.18. The number of hydrogen-bond donors (Lipinski definition) is 1. The summed E-state index contributed by atoms with van der Waals surface area (Å²) in [5, 5.41) is 7.34. The Balaban J connectivity index is 1.60. The van der Waals surface area contributed by atoms with E-state index >= 15 is 0 Å². The first-order valence-electron chi connectivity index (χ1n) is 6.92. The largest absolute Gasteiger partial charge is 0.454 e. The summed E-state index contributed by atoms with van der Waals surface area (Å²) < 4.78 is 12.1. The van der Waals surface area contributed by atoms with Crippen LogP contribution in [-0.4, -0.2) is 29.0 Å². The smallest absolute Gasteiger partial charge is 0.256 e. The molecular weight excluding hydrogens is 306 g/mol. The van der Waals surface area contributed by atoms with Gasteiger partial charge >= 0.3 is 0 Å². The van der Waals surface area contributed by atoms with Crippen molar-refractivity contribution >= 4 is 17.5 Å². The van der Waals surface area contributed by atoms with E-state index in [1.165, 1.54) is 4.68 Å². The molecule has 1 aliphatic rings. The van der Waals surface area contributed by atoms with Crippen LogP contribution in [0.3, 0.4) is 0 Å². The molecule has 0 radical (unpaired) electrons. The lowest BCUT2D eigenvalue weighted by Gasteiger charge is -2.06. The summed E-state index contributed by atoms with van der Waals surface area (Å²) >= 11 is 6.08. The Hall–Kier alpha value is -2.21. The van der Waals surface area contributed by atoms with Crippen molar-refractivity contribution in [2.75, 3.05) is 13.3 Å². The van der Waals surface area contributed by atoms with Crippen LogP contribution in [0.1, 0.15) is 21.6 Å². The summed E-state index contributed by atoms with van der Waals surface area (Å²) in [5.74, 6) is 1.29. The number of nitrogens with one attached hydrogen (secondary N) is 1. The fourth-order valence-corrected chi connectivity index (χ4v) is 2.65. The van der Waals surface area contributed by atoms with E-state index in [1.807, 2.05) is 18.2 Å². The summed E-state index contributed by atoms with van der Waals surface area (Å²) in [7, 11) is 1.71. The fourth-order valence-electron chi connectivity index (χ4n) is 2.39. The second-order valence-corrected chi connectivity index (χ2v) is 5.43. The summed E-state index contributed by atoms with van der Waals surface area (Å²) in [6.07, 6.45) is 0.694. The Morgan fingerprint density at radius 2 is 2.18 bits per heavy atom. The number of carbonyl (C=O) groups excluding carboxylic acids is 1. The second-order valence-electron chi connectivity index (χ2n) is 5.07. The molecule has 0 saturated carbocycles. The van der Waals surface area contributed by atoms with Gasteiger partial charge in [-0.15, -0.1) is 0 Å². The maximum absolute atomic E-state index is 12.2. The monoisotopic (exact) mass is 321 g/mol. The minimum Gasteiger partial charge on any atom is -0.454 e. The van der Waals surface area contributed by atoms with Crippen LogP contribution in [0, 0.1) is 6.92 Å². The van der Waals surface area contributed by atoms with E-state index < -0.39 is 0 Å². The number of halogens is 1. The van der Waals surface area contributed by atoms with Crippen LogP contribution in [0.5, 0.6) is 11.5 Å². The number of ether oxygens (including phenoxy) is 2. The Morgan fingerprint density at radius 3 is 2.91 bits per heavy atom. The van der Waals surface area contributed by atoms with Crippen molar-refractivity contribution in [1.29, 1.82) is 0 Å². The van der Waals surface area contributed by atoms with Gasteiger partial charge in [0.25, 0.3) is 5.91 Å². The molecule has 0 atom stereocenters. The van der Waals surface area contributed by atoms with Crippen molar-refractivity contribution in [3.63, 3.8) is 0 Å². The van der Waals surface area contributed by atoms with Gasteiger partial charge in [-0.05, 0) is 31.0 Å². The summed E-state index contributed by atoms with van der Waals surface area (Å²) in [5.41, 5.74) is 2.11. The molecule has 116 valence electrons. The quantitative estimate of drug-likeness (QED) is 0.936. The first-order valence-corrected chi connectivity index (χ1v) is 7.30. The van der Waals surface area contributed by atoms with Gasteiger partial charge in [-0.2, -0.15) is 5.10 Å². The molecule has 0 aliphatic carbocycles. The number of hydrogen-bond acceptors (Lipinski definition) is 4. The molecule has 1 aliphatic heterocycles. The van der Waals surface area contributed by atoms with Crippen LogP contribution in [0.15, 0.2) is 18.2 Å². The zero-order valence-corrected chi connectivity index (χ0v) is 13.1. The van der Waals surface area contributed by atoms with E-state index in [-0.39, 0.29) is 12.7 Å². The third kappa shape index (κ3) is 2.74. The van der Waals surface area contributed by atoms with Crippen molar-refractivity contribution in [2.24, 2.45) is 7.05 Å². The average molecular weight is 322 g/mol. The lowest BCUT2D eigenvalue weighted by Crippen LogP contribution is -2.26. The van der Waals surface area contributed by atoms with Crippen molar-refractivity contribution in [3.8, 4) is 11.5 Å². The van der Waals surface area contributed by atoms with Gasteiger partial charge in [0.15, 0.2) is 11.5 Å². The third-order valence-electron chi connectivity index (χ3n) is 3.52. The standard InChI is InChI=1S/C15H16ClN3O3/c1-9-13(14(16)19(2)18-9)15(20)17-6-5-10-3-4-11-12(7-10)22-8-21-11/h3-4,7H,5-6,8H2,1-2H3,(H,17,20). The predicted octanol–water partition coefficient (Wildman–Crippen LogP) is 2.08. The molecule has 0 spiro atoms. The normalized spacial score (nSPS) is 12.5. The van der Waals surface area contributed by atoms with Gasteiger partial charge < -0.3 is 14.8 Å². The molecule has 1 N–H and O–H groups in total. The number of fused-ring (bicyclic) bond motifs is 1. The first kappa shape index (κ1) is 14.7. The molecule has 0 saturated heterocycles. The number of carbonyl (C=O) groups is 1. The van der Waals surface area contributed by atoms with E-state index in [0.717, 1.165) is 17.1 Å². The predicted molar refractivity (Wildman–Crippen MR) is 81.6 cm³/mol. The highest BCUT2D eigenvalue weighted by molar-refractivity contribution is 6.33. The van der Waals surface area contributed by atoms with Crippen molar-refractivity contribution in [3.05, 3.63) is 40.2 Å². The molecule has 1 amide bonds. The average Bonchev–Trinajstić information content (AvgIpc) is 3.03. The van der Waals surface area contributed by atoms with Crippen molar-refractivity contribution in [2.45, 2.75) is 13.3 Å². The van der Waals surface area contributed by atoms with Gasteiger partial charge in [0.2, 0.25) is 6.79 Å². The van der Waals surface area contributed by atoms with E-state index in [0.29, 0.717) is 29.4 Å². The first-order chi connectivity index (χ1) is 10.6. The zero-order chi connectivity index (χ0) is 15.7. The molecule has 6 nitrogen and oxygen atoms in total. The minimum atomic E-state index is -0.212. The molecule has 1 aromatic carbocycles. The minimum absolute atomic E-state index is 0.212. The molecule has 0 bridgehead atoms. The van der Waals surface area contributed by atoms with Gasteiger partial charge in [-0.25, -0.2) is 0 Å². The van der Waals surface area contributed by atoms with E-state index in [2.05, 4.69) is 10.4 Å². The van der Waals surface area contributed by atoms with Gasteiger partial charge in [0, 0.05) is 13.6 Å². The Bertz CT molecular complexity index is 727. The molecule has 2 heterocycles. The topological polar surface area (TPSA) is 65.4 Å². The number of benzene rings is 1. The van der Waals surface area contributed by atoms with E-state index in [9.17, 15) is 4.79 Å². The lowest BCUT2D eigenvalue weighted by atomic mass is 10.1. The number of rotatable bonds is 4. The molecular formula is C15H16ClN3O3. The van der Waals surface area contributed by atoms with Gasteiger partial charge in [0.1, 0.15) is 5.15 Å². The molecule has 3 rings (SSSR count). The highest BCUT2D eigenvalue weighted by Crippen LogP contribution is 2.32. The van der Waals surface area contributed by atoms with E-state index in [1.54, 1.807) is 14.0 Å². The van der Waals surface area contributed by atoms with Gasteiger partial charge in [0.05, 0.1) is 11.3 Å². The molecule has 1 aromatic heterocycles. The molecule has 0 fully saturated rings. The zero-order valence-electron chi connectivity index (χ0n) is 12.4. The molecule has 0 unspecified atom stereocenters. The van der Waals surface area contributed by atoms with Crippen molar-refractivity contribution < 1.29 is 14.3 Å². The van der Waals surface area contributed by atoms with Crippen LogP contribution in [0.2, 0.25) is 5.15 Å². The summed E-state index contributed by atoms with van der Waals surface area (Å²) in [4.78, 5) is 12.2. The Morgan fingerprint density at radius 1 is 1.41 bits per heavy atom. The van der Waals surface area contributed by atoms with E-state index in [4.69, 9.17) is 21.1 Å². The maximum Gasteiger partial charge on any atom is 0.256 e. The summed E-state index contributed by atoms with van der Waals surface area (Å²) in [6.45, 7) is 2.52. The fraction of sp³-hybridized carbons (Fsp3) is 0.333.